The molecule has 0 fully saturated rings. The largest absolute Gasteiger partial charge is 0.493 e. The van der Waals surface area contributed by atoms with Gasteiger partial charge in [-0.3, -0.25) is 9.89 Å². The molecule has 6 nitrogen and oxygen atoms in total. The van der Waals surface area contributed by atoms with E-state index in [1.807, 2.05) is 0 Å². The number of carbonyl (C=O) groups is 1. The molecular weight excluding hydrogens is 275 g/mol. The Bertz CT molecular complexity index is 698. The molecule has 2 aromatic rings. The molecule has 1 aromatic heterocycles. The van der Waals surface area contributed by atoms with E-state index in [2.05, 4.69) is 10.2 Å². The van der Waals surface area contributed by atoms with Gasteiger partial charge in [0.1, 0.15) is 17.1 Å². The molecule has 21 heavy (non-hydrogen) atoms. The third-order valence-electron chi connectivity index (χ3n) is 3.69. The fourth-order valence-corrected chi connectivity index (χ4v) is 2.70. The Morgan fingerprint density at radius 2 is 2.29 bits per heavy atom. The van der Waals surface area contributed by atoms with Crippen molar-refractivity contribution in [3.05, 3.63) is 40.8 Å². The highest BCUT2D eigenvalue weighted by molar-refractivity contribution is 5.98. The van der Waals surface area contributed by atoms with Crippen LogP contribution >= 0.6 is 0 Å². The van der Waals surface area contributed by atoms with Crippen LogP contribution in [-0.2, 0) is 6.42 Å². The lowest BCUT2D eigenvalue weighted by Crippen LogP contribution is -2.17. The first kappa shape index (κ1) is 13.4. The molecule has 0 saturated carbocycles. The van der Waals surface area contributed by atoms with Crippen molar-refractivity contribution in [2.45, 2.75) is 18.8 Å². The summed E-state index contributed by atoms with van der Waals surface area (Å²) in [5, 5.41) is 6.63. The minimum absolute atomic E-state index is 0.0830. The minimum Gasteiger partial charge on any atom is -0.493 e. The highest BCUT2D eigenvalue weighted by Crippen LogP contribution is 2.34. The van der Waals surface area contributed by atoms with Gasteiger partial charge in [-0.25, -0.2) is 4.39 Å². The second-order valence-corrected chi connectivity index (χ2v) is 5.05. The van der Waals surface area contributed by atoms with Crippen molar-refractivity contribution in [2.75, 3.05) is 12.3 Å². The Balaban J connectivity index is 1.99. The van der Waals surface area contributed by atoms with Gasteiger partial charge in [0.25, 0.3) is 5.91 Å². The number of rotatable bonds is 2. The number of primary amides is 1. The normalized spacial score (nSPS) is 17.7. The number of amides is 1. The third kappa shape index (κ3) is 2.42. The SMILES string of the molecule is NC(=O)c1c(N)n[nH]c1C1CCOc2ccc(F)cc2C1. The van der Waals surface area contributed by atoms with E-state index in [-0.39, 0.29) is 23.1 Å². The molecule has 2 heterocycles. The molecule has 7 heteroatoms. The number of hydrogen-bond acceptors (Lipinski definition) is 4. The van der Waals surface area contributed by atoms with Crippen LogP contribution in [-0.4, -0.2) is 22.7 Å². The van der Waals surface area contributed by atoms with Crippen LogP contribution in [0.1, 0.15) is 34.0 Å². The van der Waals surface area contributed by atoms with Gasteiger partial charge in [0.15, 0.2) is 5.82 Å². The molecule has 0 aliphatic carbocycles. The van der Waals surface area contributed by atoms with Gasteiger partial charge >= 0.3 is 0 Å². The van der Waals surface area contributed by atoms with Crippen molar-refractivity contribution in [1.82, 2.24) is 10.2 Å². The zero-order valence-electron chi connectivity index (χ0n) is 11.2. The standard InChI is InChI=1S/C14H15FN4O2/c15-9-1-2-10-8(6-9)5-7(3-4-21-10)12-11(14(17)20)13(16)19-18-12/h1-2,6-7H,3-5H2,(H2,17,20)(H3,16,18,19). The molecule has 3 rings (SSSR count). The number of nitrogens with one attached hydrogen (secondary N) is 1. The molecule has 1 amide bonds. The third-order valence-corrected chi connectivity index (χ3v) is 3.69. The lowest BCUT2D eigenvalue weighted by Gasteiger charge is -2.13. The van der Waals surface area contributed by atoms with Gasteiger partial charge in [-0.15, -0.1) is 0 Å². The summed E-state index contributed by atoms with van der Waals surface area (Å²) in [6.07, 6.45) is 1.17. The lowest BCUT2D eigenvalue weighted by atomic mass is 9.91. The number of ether oxygens (including phenoxy) is 1. The van der Waals surface area contributed by atoms with Crippen LogP contribution in [0.15, 0.2) is 18.2 Å². The number of nitrogens with two attached hydrogens (primary N) is 2. The topological polar surface area (TPSA) is 107 Å². The van der Waals surface area contributed by atoms with Crippen molar-refractivity contribution in [1.29, 1.82) is 0 Å². The number of fused-ring (bicyclic) bond motifs is 1. The smallest absolute Gasteiger partial charge is 0.254 e. The Kier molecular flexibility index (Phi) is 3.25. The van der Waals surface area contributed by atoms with Crippen molar-refractivity contribution in [2.24, 2.45) is 5.73 Å². The second-order valence-electron chi connectivity index (χ2n) is 5.05. The number of carbonyl (C=O) groups excluding carboxylic acids is 1. The summed E-state index contributed by atoms with van der Waals surface area (Å²) < 4.78 is 19.0. The molecule has 0 saturated heterocycles. The van der Waals surface area contributed by atoms with E-state index in [0.717, 1.165) is 5.56 Å². The van der Waals surface area contributed by atoms with Crippen molar-refractivity contribution >= 4 is 11.7 Å². The van der Waals surface area contributed by atoms with Gasteiger partial charge in [-0.2, -0.15) is 5.10 Å². The highest BCUT2D eigenvalue weighted by Gasteiger charge is 2.26. The highest BCUT2D eigenvalue weighted by atomic mass is 19.1. The fraction of sp³-hybridized carbons (Fsp3) is 0.286. The predicted octanol–water partition coefficient (Wildman–Crippen LogP) is 1.34. The van der Waals surface area contributed by atoms with Crippen LogP contribution in [0.4, 0.5) is 10.2 Å². The first-order valence-electron chi connectivity index (χ1n) is 6.61. The molecule has 5 N–H and O–H groups in total. The molecule has 1 aliphatic heterocycles. The zero-order valence-corrected chi connectivity index (χ0v) is 11.2. The number of aromatic nitrogens is 2. The molecule has 1 aromatic carbocycles. The summed E-state index contributed by atoms with van der Waals surface area (Å²) in [4.78, 5) is 11.5. The molecule has 1 unspecified atom stereocenters. The Morgan fingerprint density at radius 1 is 1.48 bits per heavy atom. The number of halogens is 1. The van der Waals surface area contributed by atoms with Crippen LogP contribution in [0.3, 0.4) is 0 Å². The van der Waals surface area contributed by atoms with Crippen molar-refractivity contribution < 1.29 is 13.9 Å². The van der Waals surface area contributed by atoms with Crippen LogP contribution in [0, 0.1) is 5.82 Å². The maximum absolute atomic E-state index is 13.4. The maximum atomic E-state index is 13.4. The van der Waals surface area contributed by atoms with E-state index in [0.29, 0.717) is 30.9 Å². The minimum atomic E-state index is -0.624. The van der Waals surface area contributed by atoms with Gasteiger partial charge < -0.3 is 16.2 Å². The molecule has 110 valence electrons. The van der Waals surface area contributed by atoms with Gasteiger partial charge in [0.05, 0.1) is 12.3 Å². The predicted molar refractivity (Wildman–Crippen MR) is 74.5 cm³/mol. The van der Waals surface area contributed by atoms with E-state index in [1.54, 1.807) is 6.07 Å². The van der Waals surface area contributed by atoms with Gasteiger partial charge in [-0.1, -0.05) is 0 Å². The Morgan fingerprint density at radius 3 is 3.05 bits per heavy atom. The van der Waals surface area contributed by atoms with Crippen LogP contribution in [0.25, 0.3) is 0 Å². The molecule has 1 aliphatic rings. The van der Waals surface area contributed by atoms with E-state index >= 15 is 0 Å². The molecule has 1 atom stereocenters. The first-order chi connectivity index (χ1) is 10.1. The average molecular weight is 290 g/mol. The van der Waals surface area contributed by atoms with Gasteiger partial charge in [-0.05, 0) is 36.6 Å². The Hall–Kier alpha value is -2.57. The zero-order chi connectivity index (χ0) is 15.0. The number of hydrogen-bond donors (Lipinski definition) is 3. The lowest BCUT2D eigenvalue weighted by molar-refractivity contribution is 0.0999. The van der Waals surface area contributed by atoms with Crippen LogP contribution < -0.4 is 16.2 Å². The van der Waals surface area contributed by atoms with Crippen LogP contribution in [0.2, 0.25) is 0 Å². The summed E-state index contributed by atoms with van der Waals surface area (Å²) in [5.74, 6) is -0.285. The summed E-state index contributed by atoms with van der Waals surface area (Å²) in [6, 6.07) is 4.42. The van der Waals surface area contributed by atoms with Gasteiger partial charge in [0, 0.05) is 5.92 Å². The molecule has 0 bridgehead atoms. The quantitative estimate of drug-likeness (QED) is 0.775. The Labute approximate surface area is 120 Å². The van der Waals surface area contributed by atoms with E-state index in [1.165, 1.54) is 12.1 Å². The number of aromatic amines is 1. The number of benzene rings is 1. The molecule has 0 spiro atoms. The number of nitrogens with zero attached hydrogens (tertiary/aromatic N) is 1. The first-order valence-corrected chi connectivity index (χ1v) is 6.61. The average Bonchev–Trinajstić information content (AvgIpc) is 2.69. The fourth-order valence-electron chi connectivity index (χ4n) is 2.70. The number of H-pyrrole nitrogens is 1. The van der Waals surface area contributed by atoms with Crippen molar-refractivity contribution in [3.63, 3.8) is 0 Å². The van der Waals surface area contributed by atoms with E-state index in [9.17, 15) is 9.18 Å². The maximum Gasteiger partial charge on any atom is 0.254 e. The van der Waals surface area contributed by atoms with E-state index < -0.39 is 5.91 Å². The van der Waals surface area contributed by atoms with Crippen molar-refractivity contribution in [3.8, 4) is 5.75 Å². The van der Waals surface area contributed by atoms with Crippen LogP contribution in [0.5, 0.6) is 5.75 Å². The summed E-state index contributed by atoms with van der Waals surface area (Å²) in [7, 11) is 0. The molecule has 0 radical (unpaired) electrons. The number of nitrogen functional groups attached to an aromatic ring is 1. The number of anilines is 1. The van der Waals surface area contributed by atoms with E-state index in [4.69, 9.17) is 16.2 Å². The van der Waals surface area contributed by atoms with Gasteiger partial charge in [0.2, 0.25) is 0 Å². The second kappa shape index (κ2) is 5.08. The monoisotopic (exact) mass is 290 g/mol. The summed E-state index contributed by atoms with van der Waals surface area (Å²) in [5.41, 5.74) is 12.6. The summed E-state index contributed by atoms with van der Waals surface area (Å²) >= 11 is 0. The summed E-state index contributed by atoms with van der Waals surface area (Å²) in [6.45, 7) is 0.459. The molecular formula is C14H15FN4O2.